The largest absolute Gasteiger partial charge is 0.294 e. The molecule has 2 amide bonds. The summed E-state index contributed by atoms with van der Waals surface area (Å²) in [6.45, 7) is 8.47. The molecule has 1 atom stereocenters. The summed E-state index contributed by atoms with van der Waals surface area (Å²) in [6, 6.07) is 7.91. The molecule has 0 saturated carbocycles. The molecule has 2 fully saturated rings. The van der Waals surface area contributed by atoms with Gasteiger partial charge in [0, 0.05) is 18.0 Å². The van der Waals surface area contributed by atoms with Crippen LogP contribution in [-0.4, -0.2) is 45.3 Å². The second kappa shape index (κ2) is 7.29. The van der Waals surface area contributed by atoms with Crippen molar-refractivity contribution < 1.29 is 9.59 Å². The summed E-state index contributed by atoms with van der Waals surface area (Å²) in [5.41, 5.74) is 5.57. The van der Waals surface area contributed by atoms with Crippen molar-refractivity contribution in [3.05, 3.63) is 51.0 Å². The van der Waals surface area contributed by atoms with Gasteiger partial charge in [0.15, 0.2) is 0 Å². The Kier molecular flexibility index (Phi) is 4.97. The average molecular weight is 399 g/mol. The molecule has 4 rings (SSSR count). The fraction of sp³-hybridized carbons (Fsp3) is 0.476. The smallest absolute Gasteiger partial charge is 0.245 e. The number of amides is 2. The molecule has 1 aromatic heterocycles. The summed E-state index contributed by atoms with van der Waals surface area (Å²) < 4.78 is 0. The molecule has 6 nitrogen and oxygen atoms in total. The number of benzene rings is 1. The lowest BCUT2D eigenvalue weighted by molar-refractivity contribution is -0.140. The Bertz CT molecular complexity index is 905. The van der Waals surface area contributed by atoms with Crippen molar-refractivity contribution >= 4 is 23.2 Å². The molecule has 3 heterocycles. The number of aromatic nitrogens is 1. The van der Waals surface area contributed by atoms with Gasteiger partial charge in [0.1, 0.15) is 5.01 Å². The van der Waals surface area contributed by atoms with Crippen LogP contribution in [0, 0.1) is 20.8 Å². The molecular weight excluding hydrogens is 372 g/mol. The molecule has 1 aromatic carbocycles. The van der Waals surface area contributed by atoms with Crippen molar-refractivity contribution in [2.45, 2.75) is 52.1 Å². The van der Waals surface area contributed by atoms with Gasteiger partial charge >= 0.3 is 0 Å². The van der Waals surface area contributed by atoms with Crippen LogP contribution in [0.15, 0.2) is 24.3 Å². The first-order valence-corrected chi connectivity index (χ1v) is 10.5. The third-order valence-corrected chi connectivity index (χ3v) is 6.95. The maximum Gasteiger partial charge on any atom is 0.245 e. The van der Waals surface area contributed by atoms with E-state index in [1.165, 1.54) is 4.88 Å². The van der Waals surface area contributed by atoms with E-state index in [9.17, 15) is 9.59 Å². The Morgan fingerprint density at radius 2 is 2.07 bits per heavy atom. The number of rotatable bonds is 4. The van der Waals surface area contributed by atoms with Gasteiger partial charge in [-0.15, -0.1) is 11.3 Å². The van der Waals surface area contributed by atoms with Crippen molar-refractivity contribution in [3.8, 4) is 0 Å². The van der Waals surface area contributed by atoms with Crippen LogP contribution in [0.25, 0.3) is 0 Å². The number of carbonyl (C=O) groups is 2. The molecule has 2 aliphatic heterocycles. The second-order valence-electron chi connectivity index (χ2n) is 7.98. The lowest BCUT2D eigenvalue weighted by atomic mass is 9.94. The monoisotopic (exact) mass is 398 g/mol. The molecule has 0 aliphatic carbocycles. The van der Waals surface area contributed by atoms with Gasteiger partial charge in [-0.05, 0) is 38.3 Å². The molecule has 1 N–H and O–H groups in total. The number of nitrogens with one attached hydrogen (secondary N) is 1. The minimum Gasteiger partial charge on any atom is -0.294 e. The van der Waals surface area contributed by atoms with Crippen molar-refractivity contribution in [2.75, 3.05) is 13.1 Å². The van der Waals surface area contributed by atoms with Gasteiger partial charge in [0.2, 0.25) is 11.8 Å². The first kappa shape index (κ1) is 19.1. The van der Waals surface area contributed by atoms with E-state index in [2.05, 4.69) is 22.2 Å². The van der Waals surface area contributed by atoms with E-state index < -0.39 is 5.54 Å². The molecular formula is C21H26N4O2S. The number of carbonyl (C=O) groups excluding carboxylic acids is 2. The van der Waals surface area contributed by atoms with Crippen LogP contribution < -0.4 is 5.43 Å². The predicted octanol–water partition coefficient (Wildman–Crippen LogP) is 2.52. The van der Waals surface area contributed by atoms with Crippen molar-refractivity contribution in [3.63, 3.8) is 0 Å². The summed E-state index contributed by atoms with van der Waals surface area (Å²) in [5, 5.41) is 2.72. The molecule has 2 saturated heterocycles. The maximum atomic E-state index is 13.1. The lowest BCUT2D eigenvalue weighted by Crippen LogP contribution is -2.53. The van der Waals surface area contributed by atoms with Crippen LogP contribution in [0.3, 0.4) is 0 Å². The zero-order valence-electron chi connectivity index (χ0n) is 16.6. The molecule has 0 bridgehead atoms. The Morgan fingerprint density at radius 3 is 2.79 bits per heavy atom. The SMILES string of the molecule is Cc1ccccc1CC(=O)N1NC(=O)CC12CCN(Cc1nc(C)c(C)s1)C2. The Balaban J connectivity index is 1.48. The number of likely N-dealkylation sites (tertiary alicyclic amines) is 1. The van der Waals surface area contributed by atoms with Gasteiger partial charge in [-0.1, -0.05) is 24.3 Å². The number of hydrazine groups is 1. The maximum absolute atomic E-state index is 13.1. The van der Waals surface area contributed by atoms with Crippen LogP contribution >= 0.6 is 11.3 Å². The van der Waals surface area contributed by atoms with Crippen LogP contribution in [0.2, 0.25) is 0 Å². The molecule has 2 aliphatic rings. The lowest BCUT2D eigenvalue weighted by Gasteiger charge is -2.33. The van der Waals surface area contributed by atoms with Crippen LogP contribution in [0.5, 0.6) is 0 Å². The van der Waals surface area contributed by atoms with Gasteiger partial charge in [0.25, 0.3) is 0 Å². The molecule has 7 heteroatoms. The van der Waals surface area contributed by atoms with E-state index in [4.69, 9.17) is 0 Å². The highest BCUT2D eigenvalue weighted by molar-refractivity contribution is 7.11. The number of hydrogen-bond acceptors (Lipinski definition) is 5. The predicted molar refractivity (Wildman–Crippen MR) is 109 cm³/mol. The topological polar surface area (TPSA) is 65.5 Å². The molecule has 1 spiro atoms. The highest BCUT2D eigenvalue weighted by Crippen LogP contribution is 2.35. The van der Waals surface area contributed by atoms with Gasteiger partial charge in [-0.2, -0.15) is 0 Å². The normalized spacial score (nSPS) is 22.2. The quantitative estimate of drug-likeness (QED) is 0.860. The highest BCUT2D eigenvalue weighted by atomic mass is 32.1. The van der Waals surface area contributed by atoms with Gasteiger partial charge in [-0.3, -0.25) is 19.9 Å². The molecule has 1 unspecified atom stereocenters. The summed E-state index contributed by atoms with van der Waals surface area (Å²) >= 11 is 1.73. The fourth-order valence-corrected chi connectivity index (χ4v) is 5.21. The summed E-state index contributed by atoms with van der Waals surface area (Å²) in [4.78, 5) is 33.5. The van der Waals surface area contributed by atoms with E-state index in [0.29, 0.717) is 19.4 Å². The highest BCUT2D eigenvalue weighted by Gasteiger charge is 2.51. The van der Waals surface area contributed by atoms with E-state index >= 15 is 0 Å². The molecule has 0 radical (unpaired) electrons. The zero-order valence-corrected chi connectivity index (χ0v) is 17.4. The molecule has 28 heavy (non-hydrogen) atoms. The second-order valence-corrected chi connectivity index (χ2v) is 9.27. The number of hydrogen-bond donors (Lipinski definition) is 1. The van der Waals surface area contributed by atoms with Gasteiger partial charge in [0.05, 0.1) is 30.6 Å². The number of thiazole rings is 1. The first-order chi connectivity index (χ1) is 13.4. The Morgan fingerprint density at radius 1 is 1.29 bits per heavy atom. The van der Waals surface area contributed by atoms with Crippen LogP contribution in [0.4, 0.5) is 0 Å². The number of nitrogens with zero attached hydrogens (tertiary/aromatic N) is 3. The van der Waals surface area contributed by atoms with Crippen molar-refractivity contribution in [2.24, 2.45) is 0 Å². The minimum absolute atomic E-state index is 0.0389. The third kappa shape index (κ3) is 3.56. The van der Waals surface area contributed by atoms with Crippen molar-refractivity contribution in [1.29, 1.82) is 0 Å². The van der Waals surface area contributed by atoms with E-state index in [0.717, 1.165) is 41.3 Å². The fourth-order valence-electron chi connectivity index (χ4n) is 4.24. The van der Waals surface area contributed by atoms with Crippen LogP contribution in [-0.2, 0) is 22.6 Å². The Hall–Kier alpha value is -2.25. The van der Waals surface area contributed by atoms with Crippen LogP contribution in [0.1, 0.15) is 39.5 Å². The van der Waals surface area contributed by atoms with Gasteiger partial charge in [-0.25, -0.2) is 9.99 Å². The molecule has 2 aromatic rings. The van der Waals surface area contributed by atoms with E-state index in [1.54, 1.807) is 16.3 Å². The standard InChI is InChI=1S/C21H26N4O2S/c1-14-6-4-5-7-17(14)10-20(27)25-21(11-18(26)23-25)8-9-24(13-21)12-19-22-15(2)16(3)28-19/h4-7H,8-13H2,1-3H3,(H,23,26). The zero-order chi connectivity index (χ0) is 19.9. The van der Waals surface area contributed by atoms with Crippen molar-refractivity contribution in [1.82, 2.24) is 20.3 Å². The number of aryl methyl sites for hydroxylation is 3. The van der Waals surface area contributed by atoms with E-state index in [1.807, 2.05) is 38.1 Å². The summed E-state index contributed by atoms with van der Waals surface area (Å²) in [5.74, 6) is -0.108. The van der Waals surface area contributed by atoms with E-state index in [-0.39, 0.29) is 11.8 Å². The third-order valence-electron chi connectivity index (χ3n) is 5.90. The Labute approximate surface area is 169 Å². The summed E-state index contributed by atoms with van der Waals surface area (Å²) in [6.07, 6.45) is 1.48. The average Bonchev–Trinajstić information content (AvgIpc) is 3.28. The molecule has 148 valence electrons. The summed E-state index contributed by atoms with van der Waals surface area (Å²) in [7, 11) is 0. The minimum atomic E-state index is -0.446. The van der Waals surface area contributed by atoms with Gasteiger partial charge < -0.3 is 0 Å². The first-order valence-electron chi connectivity index (χ1n) is 9.69.